The lowest BCUT2D eigenvalue weighted by molar-refractivity contribution is -0.137. The molecule has 1 fully saturated rings. The minimum absolute atomic E-state index is 0.00702. The molecule has 2 aromatic rings. The second-order valence-corrected chi connectivity index (χ2v) is 6.61. The molecule has 0 aromatic heterocycles. The van der Waals surface area contributed by atoms with Crippen molar-refractivity contribution in [3.8, 4) is 0 Å². The van der Waals surface area contributed by atoms with Crippen molar-refractivity contribution in [3.05, 3.63) is 71.3 Å². The molecule has 152 valence electrons. The van der Waals surface area contributed by atoms with Crippen LogP contribution in [0.3, 0.4) is 0 Å². The number of alkyl halides is 3. The molecule has 29 heavy (non-hydrogen) atoms. The first-order valence-electron chi connectivity index (χ1n) is 9.05. The summed E-state index contributed by atoms with van der Waals surface area (Å²) in [6, 6.07) is 12.1. The van der Waals surface area contributed by atoms with E-state index in [1.54, 1.807) is 0 Å². The third-order valence-electron chi connectivity index (χ3n) is 4.47. The van der Waals surface area contributed by atoms with Crippen molar-refractivity contribution < 1.29 is 22.8 Å². The van der Waals surface area contributed by atoms with E-state index in [4.69, 9.17) is 0 Å². The molecule has 0 bridgehead atoms. The van der Waals surface area contributed by atoms with Crippen LogP contribution in [0, 0.1) is 0 Å². The van der Waals surface area contributed by atoms with Gasteiger partial charge in [0.05, 0.1) is 12.1 Å². The number of carbonyl (C=O) groups is 2. The zero-order chi connectivity index (χ0) is 20.9. The van der Waals surface area contributed by atoms with E-state index >= 15 is 0 Å². The molecule has 1 aliphatic rings. The lowest BCUT2D eigenvalue weighted by Gasteiger charge is -2.28. The number of halogens is 3. The van der Waals surface area contributed by atoms with Crippen molar-refractivity contribution in [1.82, 2.24) is 10.6 Å². The molecule has 8 heteroatoms. The number of rotatable bonds is 5. The molecule has 2 N–H and O–H groups in total. The Hall–Kier alpha value is -3.29. The molecule has 0 aliphatic carbocycles. The van der Waals surface area contributed by atoms with Crippen LogP contribution in [-0.4, -0.2) is 31.4 Å². The summed E-state index contributed by atoms with van der Waals surface area (Å²) in [4.78, 5) is 25.4. The Labute approximate surface area is 166 Å². The van der Waals surface area contributed by atoms with E-state index in [-0.39, 0.29) is 11.8 Å². The number of nitrogens with one attached hydrogen (secondary N) is 2. The van der Waals surface area contributed by atoms with E-state index in [1.165, 1.54) is 24.3 Å². The van der Waals surface area contributed by atoms with Gasteiger partial charge in [0.15, 0.2) is 0 Å². The van der Waals surface area contributed by atoms with Crippen LogP contribution in [0.2, 0.25) is 0 Å². The van der Waals surface area contributed by atoms with Gasteiger partial charge in [-0.15, -0.1) is 0 Å². The smallest absolute Gasteiger partial charge is 0.360 e. The molecule has 1 aliphatic heterocycles. The lowest BCUT2D eigenvalue weighted by Crippen LogP contribution is -2.47. The van der Waals surface area contributed by atoms with Crippen LogP contribution < -0.4 is 15.5 Å². The van der Waals surface area contributed by atoms with Gasteiger partial charge in [-0.3, -0.25) is 9.59 Å². The first-order chi connectivity index (χ1) is 13.8. The third kappa shape index (κ3) is 5.84. The number of piperazine rings is 1. The number of hydrogen-bond acceptors (Lipinski definition) is 3. The minimum atomic E-state index is -4.38. The van der Waals surface area contributed by atoms with Crippen LogP contribution in [0.1, 0.15) is 16.7 Å². The Morgan fingerprint density at radius 1 is 1.10 bits per heavy atom. The first-order valence-corrected chi connectivity index (χ1v) is 9.05. The van der Waals surface area contributed by atoms with Gasteiger partial charge in [-0.1, -0.05) is 24.3 Å². The number of hydrogen-bond donors (Lipinski definition) is 2. The Morgan fingerprint density at radius 3 is 2.41 bits per heavy atom. The zero-order valence-electron chi connectivity index (χ0n) is 15.5. The monoisotopic (exact) mass is 403 g/mol. The molecule has 2 amide bonds. The van der Waals surface area contributed by atoms with Gasteiger partial charge in [0.2, 0.25) is 11.8 Å². The summed E-state index contributed by atoms with van der Waals surface area (Å²) in [5.74, 6) is -0.353. The van der Waals surface area contributed by atoms with Crippen molar-refractivity contribution in [2.75, 3.05) is 24.5 Å². The van der Waals surface area contributed by atoms with Crippen LogP contribution >= 0.6 is 0 Å². The summed E-state index contributed by atoms with van der Waals surface area (Å²) >= 11 is 0. The van der Waals surface area contributed by atoms with E-state index in [0.717, 1.165) is 29.9 Å². The standard InChI is InChI=1S/C21H20F3N3O2/c22-21(23,24)17-6-1-15(2-7-17)5-10-19(28)26-13-16-3-8-18(9-4-16)27-12-11-25-20(29)14-27/h1-10H,11-14H2,(H,25,29)(H,26,28)/b10-5+. The van der Waals surface area contributed by atoms with E-state index in [9.17, 15) is 22.8 Å². The maximum Gasteiger partial charge on any atom is 0.416 e. The van der Waals surface area contributed by atoms with Gasteiger partial charge in [0.1, 0.15) is 0 Å². The second-order valence-electron chi connectivity index (χ2n) is 6.61. The van der Waals surface area contributed by atoms with Crippen molar-refractivity contribution in [2.45, 2.75) is 12.7 Å². The Morgan fingerprint density at radius 2 is 1.79 bits per heavy atom. The normalized spacial score (nSPS) is 14.7. The van der Waals surface area contributed by atoms with Crippen LogP contribution in [0.5, 0.6) is 0 Å². The number of carbonyl (C=O) groups excluding carboxylic acids is 2. The average molecular weight is 403 g/mol. The van der Waals surface area contributed by atoms with Crippen molar-refractivity contribution in [1.29, 1.82) is 0 Å². The Balaban J connectivity index is 1.50. The maximum absolute atomic E-state index is 12.5. The molecule has 1 saturated heterocycles. The summed E-state index contributed by atoms with van der Waals surface area (Å²) in [5.41, 5.74) is 1.61. The van der Waals surface area contributed by atoms with E-state index in [0.29, 0.717) is 25.2 Å². The van der Waals surface area contributed by atoms with Crippen LogP contribution in [-0.2, 0) is 22.3 Å². The molecule has 3 rings (SSSR count). The summed E-state index contributed by atoms with van der Waals surface area (Å²) in [6.45, 7) is 2.00. The van der Waals surface area contributed by atoms with Crippen molar-refractivity contribution in [2.24, 2.45) is 0 Å². The lowest BCUT2D eigenvalue weighted by atomic mass is 10.1. The van der Waals surface area contributed by atoms with E-state index < -0.39 is 11.7 Å². The maximum atomic E-state index is 12.5. The van der Waals surface area contributed by atoms with Crippen molar-refractivity contribution in [3.63, 3.8) is 0 Å². The number of anilines is 1. The molecular formula is C21H20F3N3O2. The van der Waals surface area contributed by atoms with Crippen LogP contribution in [0.25, 0.3) is 6.08 Å². The SMILES string of the molecule is O=C(/C=C/c1ccc(C(F)(F)F)cc1)NCc1ccc(N2CCNC(=O)C2)cc1. The Bertz CT molecular complexity index is 891. The quantitative estimate of drug-likeness (QED) is 0.755. The Kier molecular flexibility index (Phi) is 6.21. The molecule has 2 aromatic carbocycles. The molecule has 5 nitrogen and oxygen atoms in total. The molecule has 0 saturated carbocycles. The zero-order valence-corrected chi connectivity index (χ0v) is 15.5. The van der Waals surface area contributed by atoms with Gasteiger partial charge in [-0.05, 0) is 41.5 Å². The summed E-state index contributed by atoms with van der Waals surface area (Å²) in [7, 11) is 0. The number of nitrogens with zero attached hydrogens (tertiary/aromatic N) is 1. The van der Waals surface area contributed by atoms with Gasteiger partial charge < -0.3 is 15.5 Å². The van der Waals surface area contributed by atoms with Gasteiger partial charge in [0.25, 0.3) is 0 Å². The highest BCUT2D eigenvalue weighted by atomic mass is 19.4. The third-order valence-corrected chi connectivity index (χ3v) is 4.47. The molecular weight excluding hydrogens is 383 g/mol. The molecule has 0 unspecified atom stereocenters. The highest BCUT2D eigenvalue weighted by molar-refractivity contribution is 5.91. The van der Waals surface area contributed by atoms with Crippen LogP contribution in [0.4, 0.5) is 18.9 Å². The predicted octanol–water partition coefficient (Wildman–Crippen LogP) is 2.97. The van der Waals surface area contributed by atoms with E-state index in [1.807, 2.05) is 29.2 Å². The highest BCUT2D eigenvalue weighted by Crippen LogP contribution is 2.29. The van der Waals surface area contributed by atoms with Gasteiger partial charge in [0, 0.05) is 31.4 Å². The molecule has 0 spiro atoms. The van der Waals surface area contributed by atoms with Crippen molar-refractivity contribution >= 4 is 23.6 Å². The topological polar surface area (TPSA) is 61.4 Å². The first kappa shape index (κ1) is 20.4. The van der Waals surface area contributed by atoms with E-state index in [2.05, 4.69) is 10.6 Å². The fraction of sp³-hybridized carbons (Fsp3) is 0.238. The molecule has 1 heterocycles. The molecule has 0 atom stereocenters. The fourth-order valence-electron chi connectivity index (χ4n) is 2.89. The molecule has 0 radical (unpaired) electrons. The highest BCUT2D eigenvalue weighted by Gasteiger charge is 2.29. The summed E-state index contributed by atoms with van der Waals surface area (Å²) in [6.07, 6.45) is -1.64. The average Bonchev–Trinajstić information content (AvgIpc) is 2.71. The van der Waals surface area contributed by atoms with Crippen LogP contribution in [0.15, 0.2) is 54.6 Å². The number of amides is 2. The fourth-order valence-corrected chi connectivity index (χ4v) is 2.89. The predicted molar refractivity (Wildman–Crippen MR) is 104 cm³/mol. The summed E-state index contributed by atoms with van der Waals surface area (Å²) < 4.78 is 37.6. The summed E-state index contributed by atoms with van der Waals surface area (Å²) in [5, 5.41) is 5.50. The minimum Gasteiger partial charge on any atom is -0.360 e. The van der Waals surface area contributed by atoms with Gasteiger partial charge in [-0.25, -0.2) is 0 Å². The largest absolute Gasteiger partial charge is 0.416 e. The number of benzene rings is 2. The van der Waals surface area contributed by atoms with Gasteiger partial charge in [-0.2, -0.15) is 13.2 Å². The van der Waals surface area contributed by atoms with Gasteiger partial charge >= 0.3 is 6.18 Å². The second kappa shape index (κ2) is 8.81.